The van der Waals surface area contributed by atoms with Crippen LogP contribution in [0, 0.1) is 0 Å². The molecule has 1 fully saturated rings. The van der Waals surface area contributed by atoms with Crippen molar-refractivity contribution in [3.05, 3.63) is 21.6 Å². The van der Waals surface area contributed by atoms with Crippen LogP contribution in [0.5, 0.6) is 0 Å². The molecule has 6 heteroatoms. The monoisotopic (exact) mass is 270 g/mol. The van der Waals surface area contributed by atoms with E-state index in [1.807, 2.05) is 0 Å². The largest absolute Gasteiger partial charge is 0.381 e. The molecule has 0 spiro atoms. The summed E-state index contributed by atoms with van der Waals surface area (Å²) in [4.78, 5) is 13.6. The summed E-state index contributed by atoms with van der Waals surface area (Å²) >= 11 is 5.94. The maximum absolute atomic E-state index is 11.3. The van der Waals surface area contributed by atoms with Crippen molar-refractivity contribution in [2.45, 2.75) is 31.2 Å². The van der Waals surface area contributed by atoms with Gasteiger partial charge >= 0.3 is 0 Å². The molecule has 1 aliphatic carbocycles. The van der Waals surface area contributed by atoms with Crippen LogP contribution in [-0.2, 0) is 0 Å². The second kappa shape index (κ2) is 5.28. The number of anilines is 1. The normalized spacial score (nSPS) is 18.2. The summed E-state index contributed by atoms with van der Waals surface area (Å²) in [6, 6.07) is 0. The summed E-state index contributed by atoms with van der Waals surface area (Å²) in [6.45, 7) is 0.783. The molecule has 0 bridgehead atoms. The predicted molar refractivity (Wildman–Crippen MR) is 73.2 cm³/mol. The Morgan fingerprint density at radius 2 is 2.17 bits per heavy atom. The van der Waals surface area contributed by atoms with Crippen molar-refractivity contribution < 1.29 is 0 Å². The van der Waals surface area contributed by atoms with Crippen molar-refractivity contribution in [2.75, 3.05) is 26.0 Å². The van der Waals surface area contributed by atoms with Gasteiger partial charge in [0.15, 0.2) is 0 Å². The SMILES string of the molecule is CN(C)C1(CNc2cn[nH]c(=O)c2Cl)CCCC1. The number of aromatic amines is 1. The highest BCUT2D eigenvalue weighted by atomic mass is 35.5. The maximum Gasteiger partial charge on any atom is 0.285 e. The molecule has 0 unspecified atom stereocenters. The Morgan fingerprint density at radius 3 is 2.78 bits per heavy atom. The van der Waals surface area contributed by atoms with Crippen molar-refractivity contribution in [3.63, 3.8) is 0 Å². The van der Waals surface area contributed by atoms with Gasteiger partial charge in [0.05, 0.1) is 11.9 Å². The van der Waals surface area contributed by atoms with Crippen LogP contribution in [0.1, 0.15) is 25.7 Å². The standard InChI is InChI=1S/C12H19ClN4O/c1-17(2)12(5-3-4-6-12)8-14-9-7-15-16-11(18)10(9)13/h7H,3-6,8H2,1-2H3,(H2,14,16,18). The molecule has 2 rings (SSSR count). The lowest BCUT2D eigenvalue weighted by Gasteiger charge is -2.36. The summed E-state index contributed by atoms with van der Waals surface area (Å²) in [7, 11) is 4.20. The first-order valence-corrected chi connectivity index (χ1v) is 6.57. The zero-order valence-electron chi connectivity index (χ0n) is 10.8. The molecular formula is C12H19ClN4O. The van der Waals surface area contributed by atoms with Gasteiger partial charge in [-0.05, 0) is 26.9 Å². The molecule has 0 aliphatic heterocycles. The number of nitrogens with zero attached hydrogens (tertiary/aromatic N) is 2. The van der Waals surface area contributed by atoms with Gasteiger partial charge < -0.3 is 10.2 Å². The van der Waals surface area contributed by atoms with E-state index in [0.29, 0.717) is 5.69 Å². The lowest BCUT2D eigenvalue weighted by molar-refractivity contribution is 0.172. The third-order valence-corrected chi connectivity index (χ3v) is 4.26. The molecule has 0 saturated heterocycles. The van der Waals surface area contributed by atoms with Gasteiger partial charge in [-0.3, -0.25) is 4.79 Å². The molecule has 5 nitrogen and oxygen atoms in total. The first-order chi connectivity index (χ1) is 8.55. The highest BCUT2D eigenvalue weighted by Gasteiger charge is 2.35. The van der Waals surface area contributed by atoms with Gasteiger partial charge in [-0.25, -0.2) is 5.10 Å². The number of H-pyrrole nitrogens is 1. The Balaban J connectivity index is 2.11. The molecule has 18 heavy (non-hydrogen) atoms. The van der Waals surface area contributed by atoms with Crippen LogP contribution in [0.2, 0.25) is 5.02 Å². The second-order valence-corrected chi connectivity index (χ2v) is 5.48. The summed E-state index contributed by atoms with van der Waals surface area (Å²) < 4.78 is 0. The van der Waals surface area contributed by atoms with Crippen molar-refractivity contribution in [1.29, 1.82) is 0 Å². The number of likely N-dealkylation sites (N-methyl/N-ethyl adjacent to an activating group) is 1. The molecule has 0 atom stereocenters. The molecule has 1 saturated carbocycles. The van der Waals surface area contributed by atoms with Gasteiger partial charge in [-0.2, -0.15) is 5.10 Å². The zero-order chi connectivity index (χ0) is 13.2. The number of halogens is 1. The Bertz CT molecular complexity index is 465. The fraction of sp³-hybridized carbons (Fsp3) is 0.667. The van der Waals surface area contributed by atoms with Crippen molar-refractivity contribution >= 4 is 17.3 Å². The molecule has 1 aliphatic rings. The molecule has 1 aromatic heterocycles. The van der Waals surface area contributed by atoms with E-state index in [0.717, 1.165) is 6.54 Å². The lowest BCUT2D eigenvalue weighted by atomic mass is 9.96. The van der Waals surface area contributed by atoms with Gasteiger partial charge in [0.1, 0.15) is 5.02 Å². The van der Waals surface area contributed by atoms with Gasteiger partial charge in [0, 0.05) is 12.1 Å². The average Bonchev–Trinajstić information content (AvgIpc) is 2.81. The smallest absolute Gasteiger partial charge is 0.285 e. The first kappa shape index (κ1) is 13.4. The number of nitrogens with one attached hydrogen (secondary N) is 2. The summed E-state index contributed by atoms with van der Waals surface area (Å²) in [5.74, 6) is 0. The van der Waals surface area contributed by atoms with Crippen LogP contribution in [0.3, 0.4) is 0 Å². The molecule has 1 aromatic rings. The quantitative estimate of drug-likeness (QED) is 0.874. The molecule has 100 valence electrons. The van der Waals surface area contributed by atoms with E-state index in [2.05, 4.69) is 34.5 Å². The fourth-order valence-corrected chi connectivity index (χ4v) is 2.74. The molecule has 0 amide bonds. The number of hydrogen-bond donors (Lipinski definition) is 2. The molecule has 0 aromatic carbocycles. The molecule has 1 heterocycles. The summed E-state index contributed by atoms with van der Waals surface area (Å²) in [5, 5.41) is 9.51. The van der Waals surface area contributed by atoms with Gasteiger partial charge in [0.25, 0.3) is 5.56 Å². The van der Waals surface area contributed by atoms with Gasteiger partial charge in [-0.1, -0.05) is 24.4 Å². The van der Waals surface area contributed by atoms with Crippen LogP contribution in [-0.4, -0.2) is 41.3 Å². The highest BCUT2D eigenvalue weighted by Crippen LogP contribution is 2.34. The van der Waals surface area contributed by atoms with Gasteiger partial charge in [0.2, 0.25) is 0 Å². The van der Waals surface area contributed by atoms with E-state index in [9.17, 15) is 4.79 Å². The van der Waals surface area contributed by atoms with E-state index in [4.69, 9.17) is 11.6 Å². The van der Waals surface area contributed by atoms with Crippen LogP contribution < -0.4 is 10.9 Å². The Labute approximate surface area is 112 Å². The molecular weight excluding hydrogens is 252 g/mol. The van der Waals surface area contributed by atoms with Crippen molar-refractivity contribution in [1.82, 2.24) is 15.1 Å². The van der Waals surface area contributed by atoms with Gasteiger partial charge in [-0.15, -0.1) is 0 Å². The molecule has 2 N–H and O–H groups in total. The Hall–Kier alpha value is -1.07. The Morgan fingerprint density at radius 1 is 1.50 bits per heavy atom. The number of rotatable bonds is 4. The van der Waals surface area contributed by atoms with E-state index < -0.39 is 0 Å². The fourth-order valence-electron chi connectivity index (χ4n) is 2.58. The minimum atomic E-state index is -0.355. The molecule has 0 radical (unpaired) electrons. The summed E-state index contributed by atoms with van der Waals surface area (Å²) in [5.41, 5.74) is 0.409. The predicted octanol–water partition coefficient (Wildman–Crippen LogP) is 1.71. The zero-order valence-corrected chi connectivity index (χ0v) is 11.5. The lowest BCUT2D eigenvalue weighted by Crippen LogP contribution is -2.47. The minimum Gasteiger partial charge on any atom is -0.381 e. The minimum absolute atomic E-state index is 0.159. The van der Waals surface area contributed by atoms with E-state index in [1.54, 1.807) is 6.20 Å². The van der Waals surface area contributed by atoms with Crippen molar-refractivity contribution in [3.8, 4) is 0 Å². The topological polar surface area (TPSA) is 61.0 Å². The average molecular weight is 271 g/mol. The third-order valence-electron chi connectivity index (χ3n) is 3.89. The second-order valence-electron chi connectivity index (χ2n) is 5.11. The van der Waals surface area contributed by atoms with E-state index >= 15 is 0 Å². The summed E-state index contributed by atoms with van der Waals surface area (Å²) in [6.07, 6.45) is 6.40. The van der Waals surface area contributed by atoms with Crippen LogP contribution in [0.4, 0.5) is 5.69 Å². The highest BCUT2D eigenvalue weighted by molar-refractivity contribution is 6.32. The Kier molecular flexibility index (Phi) is 3.92. The van der Waals surface area contributed by atoms with Crippen LogP contribution in [0.15, 0.2) is 11.0 Å². The first-order valence-electron chi connectivity index (χ1n) is 6.20. The van der Waals surface area contributed by atoms with E-state index in [1.165, 1.54) is 25.7 Å². The van der Waals surface area contributed by atoms with Crippen molar-refractivity contribution in [2.24, 2.45) is 0 Å². The van der Waals surface area contributed by atoms with E-state index in [-0.39, 0.29) is 16.1 Å². The number of hydrogen-bond acceptors (Lipinski definition) is 4. The van der Waals surface area contributed by atoms with Crippen LogP contribution in [0.25, 0.3) is 0 Å². The third kappa shape index (κ3) is 2.52. The number of aromatic nitrogens is 2. The maximum atomic E-state index is 11.3. The van der Waals surface area contributed by atoms with Crippen LogP contribution >= 0.6 is 11.6 Å².